The highest BCUT2D eigenvalue weighted by Gasteiger charge is 2.56. The van der Waals surface area contributed by atoms with Crippen molar-refractivity contribution in [3.8, 4) is 0 Å². The minimum Gasteiger partial charge on any atom is -0.477 e. The first kappa shape index (κ1) is 14.7. The van der Waals surface area contributed by atoms with Gasteiger partial charge in [-0.05, 0) is 6.42 Å². The van der Waals surface area contributed by atoms with Crippen LogP contribution in [0.4, 0.5) is 0 Å². The lowest BCUT2D eigenvalue weighted by molar-refractivity contribution is -0.161. The molecule has 1 saturated heterocycles. The fourth-order valence-electron chi connectivity index (χ4n) is 1.99. The number of carbonyl (C=O) groups is 2. The van der Waals surface area contributed by atoms with Crippen LogP contribution in [0, 0.1) is 0 Å². The summed E-state index contributed by atoms with van der Waals surface area (Å²) < 4.78 is 5.74. The highest BCUT2D eigenvalue weighted by atomic mass is 32.2. The Bertz CT molecular complexity index is 436. The van der Waals surface area contributed by atoms with E-state index >= 15 is 0 Å². The maximum absolute atomic E-state index is 11.8. The third kappa shape index (κ3) is 2.37. The zero-order chi connectivity index (χ0) is 14.2. The van der Waals surface area contributed by atoms with Crippen LogP contribution < -0.4 is 5.73 Å². The Hall–Kier alpha value is -0.700. The number of fused-ring (bicyclic) bond motifs is 1. The smallest absolute Gasteiger partial charge is 0.354 e. The van der Waals surface area contributed by atoms with Crippen LogP contribution in [0.3, 0.4) is 0 Å². The van der Waals surface area contributed by atoms with Crippen LogP contribution in [0.1, 0.15) is 13.3 Å². The maximum Gasteiger partial charge on any atom is 0.354 e. The third-order valence-corrected chi connectivity index (χ3v) is 6.06. The lowest BCUT2D eigenvalue weighted by Gasteiger charge is -2.40. The van der Waals surface area contributed by atoms with Gasteiger partial charge in [-0.1, -0.05) is 18.7 Å². The number of carboxylic acids is 1. The SMILES string of the molecule is CCC(CN)SC1=C(C(=O)O)N2C(=O)C(OC)[C@@H]2S1. The summed E-state index contributed by atoms with van der Waals surface area (Å²) in [4.78, 5) is 24.5. The van der Waals surface area contributed by atoms with E-state index in [1.807, 2.05) is 6.92 Å². The van der Waals surface area contributed by atoms with Gasteiger partial charge in [0, 0.05) is 18.9 Å². The van der Waals surface area contributed by atoms with Crippen LogP contribution in [-0.2, 0) is 14.3 Å². The van der Waals surface area contributed by atoms with E-state index in [-0.39, 0.29) is 22.2 Å². The van der Waals surface area contributed by atoms with Crippen molar-refractivity contribution in [3.63, 3.8) is 0 Å². The number of carboxylic acid groups (broad SMARTS) is 1. The zero-order valence-electron chi connectivity index (χ0n) is 10.7. The second kappa shape index (κ2) is 5.74. The molecule has 2 aliphatic rings. The van der Waals surface area contributed by atoms with E-state index in [4.69, 9.17) is 10.5 Å². The van der Waals surface area contributed by atoms with Crippen molar-refractivity contribution in [2.75, 3.05) is 13.7 Å². The second-order valence-electron chi connectivity index (χ2n) is 4.20. The van der Waals surface area contributed by atoms with Crippen molar-refractivity contribution in [1.82, 2.24) is 4.90 Å². The average Bonchev–Trinajstić information content (AvgIpc) is 2.71. The lowest BCUT2D eigenvalue weighted by atomic mass is 10.1. The molecule has 0 aromatic heterocycles. The fraction of sp³-hybridized carbons (Fsp3) is 0.636. The Morgan fingerprint density at radius 2 is 2.37 bits per heavy atom. The predicted molar refractivity (Wildman–Crippen MR) is 74.4 cm³/mol. The summed E-state index contributed by atoms with van der Waals surface area (Å²) in [5.74, 6) is -1.36. The topological polar surface area (TPSA) is 92.9 Å². The molecular formula is C11H16N2O4S2. The molecule has 6 nitrogen and oxygen atoms in total. The van der Waals surface area contributed by atoms with E-state index in [0.717, 1.165) is 6.42 Å². The molecule has 19 heavy (non-hydrogen) atoms. The Labute approximate surface area is 119 Å². The van der Waals surface area contributed by atoms with Crippen molar-refractivity contribution in [1.29, 1.82) is 0 Å². The van der Waals surface area contributed by atoms with Crippen molar-refractivity contribution < 1.29 is 19.4 Å². The summed E-state index contributed by atoms with van der Waals surface area (Å²) in [6.07, 6.45) is 0.306. The molecule has 0 aliphatic carbocycles. The van der Waals surface area contributed by atoms with Gasteiger partial charge in [-0.25, -0.2) is 4.79 Å². The Kier molecular flexibility index (Phi) is 4.44. The molecule has 8 heteroatoms. The van der Waals surface area contributed by atoms with Gasteiger partial charge in [0.25, 0.3) is 5.91 Å². The van der Waals surface area contributed by atoms with Crippen molar-refractivity contribution in [2.24, 2.45) is 5.73 Å². The minimum atomic E-state index is -1.08. The molecule has 0 spiro atoms. The van der Waals surface area contributed by atoms with Crippen LogP contribution in [-0.4, -0.2) is 52.3 Å². The third-order valence-electron chi connectivity index (χ3n) is 3.10. The molecule has 3 atom stereocenters. The Balaban J connectivity index is 2.22. The summed E-state index contributed by atoms with van der Waals surface area (Å²) >= 11 is 2.82. The predicted octanol–water partition coefficient (Wildman–Crippen LogP) is 0.641. The normalized spacial score (nSPS) is 27.3. The minimum absolute atomic E-state index is 0.0743. The van der Waals surface area contributed by atoms with Gasteiger partial charge in [-0.15, -0.1) is 11.8 Å². The number of ether oxygens (including phenoxy) is 1. The molecule has 0 saturated carbocycles. The Morgan fingerprint density at radius 3 is 2.84 bits per heavy atom. The van der Waals surface area contributed by atoms with E-state index in [1.54, 1.807) is 0 Å². The largest absolute Gasteiger partial charge is 0.477 e. The van der Waals surface area contributed by atoms with Gasteiger partial charge in [-0.3, -0.25) is 9.69 Å². The van der Waals surface area contributed by atoms with Crippen LogP contribution >= 0.6 is 23.5 Å². The van der Waals surface area contributed by atoms with Crippen LogP contribution in [0.25, 0.3) is 0 Å². The number of β-lactam (4-membered cyclic amide) rings is 1. The van der Waals surface area contributed by atoms with E-state index in [0.29, 0.717) is 10.8 Å². The summed E-state index contributed by atoms with van der Waals surface area (Å²) in [6.45, 7) is 2.48. The quantitative estimate of drug-likeness (QED) is 0.696. The van der Waals surface area contributed by atoms with Gasteiger partial charge >= 0.3 is 5.97 Å². The maximum atomic E-state index is 11.8. The standard InChI is InChI=1S/C11H16N2O4S2/c1-3-5(4-12)18-11-6(10(15)16)13-8(14)7(17-2)9(13)19-11/h5,7,9H,3-4,12H2,1-2H3,(H,15,16)/t5?,7?,9-/m0/s1. The van der Waals surface area contributed by atoms with Crippen molar-refractivity contribution in [2.45, 2.75) is 30.1 Å². The average molecular weight is 304 g/mol. The van der Waals surface area contributed by atoms with Crippen LogP contribution in [0.15, 0.2) is 9.93 Å². The first-order chi connectivity index (χ1) is 9.04. The molecule has 106 valence electrons. The first-order valence-corrected chi connectivity index (χ1v) is 7.67. The van der Waals surface area contributed by atoms with E-state index < -0.39 is 12.1 Å². The molecule has 1 fully saturated rings. The van der Waals surface area contributed by atoms with Gasteiger partial charge in [0.05, 0.1) is 4.24 Å². The van der Waals surface area contributed by atoms with Gasteiger partial charge in [0.15, 0.2) is 11.8 Å². The van der Waals surface area contributed by atoms with Gasteiger partial charge in [0.2, 0.25) is 0 Å². The van der Waals surface area contributed by atoms with Gasteiger partial charge < -0.3 is 15.6 Å². The molecule has 2 rings (SSSR count). The molecule has 1 amide bonds. The number of carbonyl (C=O) groups excluding carboxylic acids is 1. The lowest BCUT2D eigenvalue weighted by Crippen LogP contribution is -2.61. The second-order valence-corrected chi connectivity index (χ2v) is 6.89. The molecular weight excluding hydrogens is 288 g/mol. The molecule has 0 bridgehead atoms. The fourth-order valence-corrected chi connectivity index (χ4v) is 4.97. The molecule has 2 unspecified atom stereocenters. The summed E-state index contributed by atoms with van der Waals surface area (Å²) in [5.41, 5.74) is 5.72. The van der Waals surface area contributed by atoms with E-state index in [9.17, 15) is 14.7 Å². The van der Waals surface area contributed by atoms with Crippen LogP contribution in [0.5, 0.6) is 0 Å². The number of nitrogens with zero attached hydrogens (tertiary/aromatic N) is 1. The van der Waals surface area contributed by atoms with E-state index in [1.165, 1.54) is 35.5 Å². The first-order valence-electron chi connectivity index (χ1n) is 5.91. The number of nitrogens with two attached hydrogens (primary N) is 1. The summed E-state index contributed by atoms with van der Waals surface area (Å²) in [7, 11) is 1.46. The molecule has 0 radical (unpaired) electrons. The summed E-state index contributed by atoms with van der Waals surface area (Å²) in [5, 5.41) is 9.20. The molecule has 2 aliphatic heterocycles. The number of aliphatic carboxylic acids is 1. The highest BCUT2D eigenvalue weighted by Crippen LogP contribution is 2.52. The monoisotopic (exact) mass is 304 g/mol. The molecule has 2 heterocycles. The summed E-state index contributed by atoms with van der Waals surface area (Å²) in [6, 6.07) is 0. The number of rotatable bonds is 6. The molecule has 0 aromatic carbocycles. The zero-order valence-corrected chi connectivity index (χ0v) is 12.3. The number of methoxy groups -OCH3 is 1. The number of hydrogen-bond donors (Lipinski definition) is 2. The van der Waals surface area contributed by atoms with Gasteiger partial charge in [0.1, 0.15) is 5.37 Å². The van der Waals surface area contributed by atoms with Crippen molar-refractivity contribution in [3.05, 3.63) is 9.93 Å². The highest BCUT2D eigenvalue weighted by molar-refractivity contribution is 8.23. The van der Waals surface area contributed by atoms with Gasteiger partial charge in [-0.2, -0.15) is 0 Å². The number of thioether (sulfide) groups is 2. The van der Waals surface area contributed by atoms with Crippen LogP contribution in [0.2, 0.25) is 0 Å². The number of hydrogen-bond acceptors (Lipinski definition) is 6. The number of amides is 1. The van der Waals surface area contributed by atoms with E-state index in [2.05, 4.69) is 0 Å². The Morgan fingerprint density at radius 1 is 1.68 bits per heavy atom. The molecule has 0 aromatic rings. The van der Waals surface area contributed by atoms with Crippen molar-refractivity contribution >= 4 is 35.4 Å². The molecule has 3 N–H and O–H groups in total.